The van der Waals surface area contributed by atoms with Gasteiger partial charge in [-0.15, -0.1) is 0 Å². The first-order chi connectivity index (χ1) is 7.54. The lowest BCUT2D eigenvalue weighted by molar-refractivity contribution is -0.122. The van der Waals surface area contributed by atoms with Crippen molar-refractivity contribution in [3.05, 3.63) is 16.9 Å². The average Bonchev–Trinajstić information content (AvgIpc) is 2.27. The topological polar surface area (TPSA) is 66.9 Å². The molecule has 0 saturated carbocycles. The predicted octanol–water partition coefficient (Wildman–Crippen LogP) is 1.42. The first kappa shape index (κ1) is 12.9. The van der Waals surface area contributed by atoms with Crippen LogP contribution in [0, 0.1) is 5.92 Å². The van der Waals surface area contributed by atoms with E-state index in [2.05, 4.69) is 36.5 Å². The molecule has 0 saturated heterocycles. The van der Waals surface area contributed by atoms with Gasteiger partial charge in [0.1, 0.15) is 6.04 Å². The summed E-state index contributed by atoms with van der Waals surface area (Å²) in [5.74, 6) is 0.541. The van der Waals surface area contributed by atoms with Gasteiger partial charge in [-0.1, -0.05) is 13.8 Å². The number of hydrogen-bond donors (Lipinski definition) is 2. The Morgan fingerprint density at radius 1 is 1.38 bits per heavy atom. The van der Waals surface area contributed by atoms with E-state index in [0.29, 0.717) is 5.95 Å². The Balaban J connectivity index is 2.75. The number of halogens is 1. The predicted molar refractivity (Wildman–Crippen MR) is 66.0 cm³/mol. The molecule has 0 spiro atoms. The Labute approximate surface area is 103 Å². The molecular formula is C10H15BrN4O. The van der Waals surface area contributed by atoms with Crippen LogP contribution in [0.25, 0.3) is 0 Å². The molecule has 6 heteroatoms. The van der Waals surface area contributed by atoms with Crippen molar-refractivity contribution in [1.82, 2.24) is 15.3 Å². The van der Waals surface area contributed by atoms with Gasteiger partial charge >= 0.3 is 0 Å². The zero-order valence-electron chi connectivity index (χ0n) is 9.49. The number of rotatable bonds is 4. The normalized spacial score (nSPS) is 12.3. The second-order valence-corrected chi connectivity index (χ2v) is 4.62. The highest BCUT2D eigenvalue weighted by atomic mass is 79.9. The van der Waals surface area contributed by atoms with Crippen LogP contribution in [0.15, 0.2) is 16.9 Å². The van der Waals surface area contributed by atoms with Crippen LogP contribution in [-0.4, -0.2) is 29.0 Å². The molecule has 1 unspecified atom stereocenters. The van der Waals surface area contributed by atoms with Crippen LogP contribution in [0.3, 0.4) is 0 Å². The summed E-state index contributed by atoms with van der Waals surface area (Å²) in [6.45, 7) is 3.93. The molecule has 1 atom stereocenters. The molecule has 1 rings (SSSR count). The van der Waals surface area contributed by atoms with Crippen LogP contribution < -0.4 is 10.6 Å². The summed E-state index contributed by atoms with van der Waals surface area (Å²) in [5.41, 5.74) is 0. The summed E-state index contributed by atoms with van der Waals surface area (Å²) >= 11 is 3.25. The molecule has 1 aromatic rings. The van der Waals surface area contributed by atoms with Crippen molar-refractivity contribution in [3.8, 4) is 0 Å². The number of nitrogens with one attached hydrogen (secondary N) is 2. The van der Waals surface area contributed by atoms with E-state index >= 15 is 0 Å². The Kier molecular flexibility index (Phi) is 4.67. The smallest absolute Gasteiger partial charge is 0.242 e. The lowest BCUT2D eigenvalue weighted by Gasteiger charge is -2.20. The van der Waals surface area contributed by atoms with Gasteiger partial charge in [-0.25, -0.2) is 9.97 Å². The lowest BCUT2D eigenvalue weighted by atomic mass is 10.0. The lowest BCUT2D eigenvalue weighted by Crippen LogP contribution is -2.41. The number of likely N-dealkylation sites (N-methyl/N-ethyl adjacent to an activating group) is 1. The third-order valence-corrected chi connectivity index (χ3v) is 2.51. The second kappa shape index (κ2) is 5.79. The molecule has 0 bridgehead atoms. The van der Waals surface area contributed by atoms with E-state index in [1.54, 1.807) is 19.4 Å². The molecule has 1 aromatic heterocycles. The fraction of sp³-hybridized carbons (Fsp3) is 0.500. The Morgan fingerprint density at radius 2 is 1.94 bits per heavy atom. The maximum atomic E-state index is 11.6. The highest BCUT2D eigenvalue weighted by molar-refractivity contribution is 9.10. The summed E-state index contributed by atoms with van der Waals surface area (Å²) in [4.78, 5) is 19.7. The van der Waals surface area contributed by atoms with Gasteiger partial charge in [0.05, 0.1) is 4.47 Å². The fourth-order valence-corrected chi connectivity index (χ4v) is 1.42. The van der Waals surface area contributed by atoms with Crippen molar-refractivity contribution in [2.24, 2.45) is 5.92 Å². The van der Waals surface area contributed by atoms with Crippen molar-refractivity contribution in [3.63, 3.8) is 0 Å². The molecule has 88 valence electrons. The molecule has 0 aliphatic carbocycles. The van der Waals surface area contributed by atoms with E-state index in [0.717, 1.165) is 4.47 Å². The first-order valence-corrected chi connectivity index (χ1v) is 5.79. The minimum absolute atomic E-state index is 0.0680. The number of carbonyl (C=O) groups is 1. The van der Waals surface area contributed by atoms with Crippen molar-refractivity contribution in [1.29, 1.82) is 0 Å². The van der Waals surface area contributed by atoms with Gasteiger partial charge in [0.2, 0.25) is 11.9 Å². The van der Waals surface area contributed by atoms with E-state index in [1.165, 1.54) is 0 Å². The minimum atomic E-state index is -0.328. The van der Waals surface area contributed by atoms with Crippen LogP contribution in [0.2, 0.25) is 0 Å². The van der Waals surface area contributed by atoms with Gasteiger partial charge < -0.3 is 10.6 Å². The standard InChI is InChI=1S/C10H15BrN4O/c1-6(2)8(9(16)12-3)15-10-13-4-7(11)5-14-10/h4-6,8H,1-3H3,(H,12,16)(H,13,14,15). The summed E-state index contributed by atoms with van der Waals surface area (Å²) in [6.07, 6.45) is 3.27. The summed E-state index contributed by atoms with van der Waals surface area (Å²) < 4.78 is 0.805. The largest absolute Gasteiger partial charge is 0.357 e. The molecule has 0 aliphatic rings. The molecule has 5 nitrogen and oxygen atoms in total. The molecule has 0 fully saturated rings. The van der Waals surface area contributed by atoms with Crippen LogP contribution >= 0.6 is 15.9 Å². The van der Waals surface area contributed by atoms with E-state index in [4.69, 9.17) is 0 Å². The van der Waals surface area contributed by atoms with Crippen molar-refractivity contribution >= 4 is 27.8 Å². The van der Waals surface area contributed by atoms with E-state index in [9.17, 15) is 4.79 Å². The summed E-state index contributed by atoms with van der Waals surface area (Å²) in [5, 5.41) is 5.61. The molecule has 0 aliphatic heterocycles. The van der Waals surface area contributed by atoms with Gasteiger partial charge in [0.25, 0.3) is 0 Å². The van der Waals surface area contributed by atoms with Gasteiger partial charge in [-0.2, -0.15) is 0 Å². The van der Waals surface area contributed by atoms with Crippen LogP contribution in [0.1, 0.15) is 13.8 Å². The zero-order chi connectivity index (χ0) is 12.1. The Hall–Kier alpha value is -1.17. The Bertz CT molecular complexity index is 352. The highest BCUT2D eigenvalue weighted by Crippen LogP contribution is 2.11. The Morgan fingerprint density at radius 3 is 2.38 bits per heavy atom. The number of carbonyl (C=O) groups excluding carboxylic acids is 1. The van der Waals surface area contributed by atoms with E-state index in [1.807, 2.05) is 13.8 Å². The maximum absolute atomic E-state index is 11.6. The van der Waals surface area contributed by atoms with Crippen molar-refractivity contribution < 1.29 is 4.79 Å². The first-order valence-electron chi connectivity index (χ1n) is 5.00. The fourth-order valence-electron chi connectivity index (χ4n) is 1.22. The third kappa shape index (κ3) is 3.44. The summed E-state index contributed by atoms with van der Waals surface area (Å²) in [7, 11) is 1.61. The van der Waals surface area contributed by atoms with Gasteiger partial charge in [-0.3, -0.25) is 4.79 Å². The maximum Gasteiger partial charge on any atom is 0.242 e. The second-order valence-electron chi connectivity index (χ2n) is 3.71. The van der Waals surface area contributed by atoms with Crippen LogP contribution in [-0.2, 0) is 4.79 Å². The number of hydrogen-bond acceptors (Lipinski definition) is 4. The molecule has 2 N–H and O–H groups in total. The quantitative estimate of drug-likeness (QED) is 0.879. The summed E-state index contributed by atoms with van der Waals surface area (Å²) in [6, 6.07) is -0.328. The van der Waals surface area contributed by atoms with Crippen molar-refractivity contribution in [2.45, 2.75) is 19.9 Å². The molecule has 0 radical (unpaired) electrons. The van der Waals surface area contributed by atoms with Gasteiger partial charge in [-0.05, 0) is 21.8 Å². The minimum Gasteiger partial charge on any atom is -0.357 e. The monoisotopic (exact) mass is 286 g/mol. The molecule has 0 aromatic carbocycles. The number of nitrogens with zero attached hydrogens (tertiary/aromatic N) is 2. The van der Waals surface area contributed by atoms with Gasteiger partial charge in [0, 0.05) is 19.4 Å². The zero-order valence-corrected chi connectivity index (χ0v) is 11.1. The number of amides is 1. The highest BCUT2D eigenvalue weighted by Gasteiger charge is 2.21. The molecule has 1 amide bonds. The van der Waals surface area contributed by atoms with Crippen molar-refractivity contribution in [2.75, 3.05) is 12.4 Å². The van der Waals surface area contributed by atoms with Gasteiger partial charge in [0.15, 0.2) is 0 Å². The van der Waals surface area contributed by atoms with Crippen LogP contribution in [0.5, 0.6) is 0 Å². The van der Waals surface area contributed by atoms with E-state index < -0.39 is 0 Å². The molecular weight excluding hydrogens is 272 g/mol. The third-order valence-electron chi connectivity index (χ3n) is 2.10. The SMILES string of the molecule is CNC(=O)C(Nc1ncc(Br)cn1)C(C)C. The molecule has 16 heavy (non-hydrogen) atoms. The van der Waals surface area contributed by atoms with E-state index in [-0.39, 0.29) is 17.9 Å². The van der Waals surface area contributed by atoms with Crippen LogP contribution in [0.4, 0.5) is 5.95 Å². The molecule has 1 heterocycles. The average molecular weight is 287 g/mol. The number of aromatic nitrogens is 2. The number of anilines is 1.